The minimum atomic E-state index is -0.824. The van der Waals surface area contributed by atoms with E-state index in [4.69, 9.17) is 10.6 Å². The molecule has 1 unspecified atom stereocenters. The van der Waals surface area contributed by atoms with Crippen LogP contribution in [0.2, 0.25) is 0 Å². The maximum atomic E-state index is 9.10. The molecule has 0 aliphatic rings. The van der Waals surface area contributed by atoms with Crippen LogP contribution in [0, 0.1) is 0 Å². The molecule has 1 atom stereocenters. The molecule has 0 aromatic carbocycles. The van der Waals surface area contributed by atoms with Gasteiger partial charge in [-0.25, -0.2) is 0 Å². The Hall–Kier alpha value is -0.730. The topological polar surface area (TPSA) is 69.0 Å². The third-order valence-electron chi connectivity index (χ3n) is 2.50. The van der Waals surface area contributed by atoms with E-state index in [1.54, 1.807) is 0 Å². The summed E-state index contributed by atoms with van der Waals surface area (Å²) in [4.78, 5) is 2.56. The molecule has 0 saturated carbocycles. The van der Waals surface area contributed by atoms with Crippen LogP contribution in [0.15, 0.2) is 5.11 Å². The monoisotopic (exact) mass is 213 g/mol. The molecule has 0 aromatic heterocycles. The predicted octanol–water partition coefficient (Wildman–Crippen LogP) is 4.15. The summed E-state index contributed by atoms with van der Waals surface area (Å²) in [5.41, 5.74) is 8.06. The first-order chi connectivity index (χ1) is 7.31. The van der Waals surface area contributed by atoms with Gasteiger partial charge in [-0.15, -0.1) is 0 Å². The third-order valence-corrected chi connectivity index (χ3v) is 2.50. The van der Waals surface area contributed by atoms with Crippen LogP contribution in [0.5, 0.6) is 0 Å². The fourth-order valence-corrected chi connectivity index (χ4v) is 1.58. The quantitative estimate of drug-likeness (QED) is 0.252. The summed E-state index contributed by atoms with van der Waals surface area (Å²) in [5, 5.41) is 12.3. The molecule has 4 heteroatoms. The highest BCUT2D eigenvalue weighted by Gasteiger charge is 1.99. The lowest BCUT2D eigenvalue weighted by atomic mass is 10.1. The highest BCUT2D eigenvalue weighted by Crippen LogP contribution is 2.10. The number of aliphatic hydroxyl groups is 1. The Morgan fingerprint density at radius 2 is 1.60 bits per heavy atom. The second-order valence-corrected chi connectivity index (χ2v) is 3.95. The number of aliphatic hydroxyl groups excluding tert-OH is 1. The van der Waals surface area contributed by atoms with E-state index < -0.39 is 6.23 Å². The van der Waals surface area contributed by atoms with E-state index in [2.05, 4.69) is 16.9 Å². The van der Waals surface area contributed by atoms with Crippen molar-refractivity contribution in [2.24, 2.45) is 5.11 Å². The van der Waals surface area contributed by atoms with Crippen LogP contribution >= 0.6 is 0 Å². The summed E-state index contributed by atoms with van der Waals surface area (Å²) in [5.74, 6) is 0. The Morgan fingerprint density at radius 3 is 2.13 bits per heavy atom. The van der Waals surface area contributed by atoms with Gasteiger partial charge in [0.2, 0.25) is 0 Å². The van der Waals surface area contributed by atoms with Crippen molar-refractivity contribution >= 4 is 0 Å². The molecule has 4 nitrogen and oxygen atoms in total. The number of hydrogen-bond donors (Lipinski definition) is 1. The standard InChI is InChI=1S/C11H23N3O/c1-2-3-4-5-6-7-8-9-10-11(15)13-14-12/h11,15H,2-10H2,1H3. The molecule has 15 heavy (non-hydrogen) atoms. The van der Waals surface area contributed by atoms with Gasteiger partial charge in [0.25, 0.3) is 0 Å². The minimum absolute atomic E-state index is 0.596. The van der Waals surface area contributed by atoms with Gasteiger partial charge in [-0.2, -0.15) is 0 Å². The van der Waals surface area contributed by atoms with Crippen LogP contribution in [0.3, 0.4) is 0 Å². The number of azide groups is 1. The lowest BCUT2D eigenvalue weighted by Crippen LogP contribution is -2.00. The average molecular weight is 213 g/mol. The number of unbranched alkanes of at least 4 members (excludes halogenated alkanes) is 7. The molecule has 1 N–H and O–H groups in total. The minimum Gasteiger partial charge on any atom is -0.387 e. The van der Waals surface area contributed by atoms with Gasteiger partial charge >= 0.3 is 0 Å². The van der Waals surface area contributed by atoms with Crippen molar-refractivity contribution in [3.63, 3.8) is 0 Å². The SMILES string of the molecule is CCCCCCCCCCC(O)N=[N+]=[N-]. The molecular formula is C11H23N3O. The van der Waals surface area contributed by atoms with Crippen molar-refractivity contribution in [2.75, 3.05) is 0 Å². The summed E-state index contributed by atoms with van der Waals surface area (Å²) in [6.07, 6.45) is 9.68. The van der Waals surface area contributed by atoms with Gasteiger partial charge in [-0.3, -0.25) is 0 Å². The summed E-state index contributed by atoms with van der Waals surface area (Å²) in [6, 6.07) is 0. The van der Waals surface area contributed by atoms with Crippen LogP contribution in [0.25, 0.3) is 10.4 Å². The molecule has 0 saturated heterocycles. The Labute approximate surface area is 92.3 Å². The molecular weight excluding hydrogens is 190 g/mol. The Morgan fingerprint density at radius 1 is 1.07 bits per heavy atom. The van der Waals surface area contributed by atoms with E-state index >= 15 is 0 Å². The first-order valence-corrected chi connectivity index (χ1v) is 6.03. The molecule has 0 radical (unpaired) electrons. The fraction of sp³-hybridized carbons (Fsp3) is 1.00. The molecule has 0 spiro atoms. The van der Waals surface area contributed by atoms with Gasteiger partial charge in [0.1, 0.15) is 6.23 Å². The molecule has 0 bridgehead atoms. The molecule has 0 aromatic rings. The van der Waals surface area contributed by atoms with Crippen molar-refractivity contribution in [3.8, 4) is 0 Å². The van der Waals surface area contributed by atoms with Gasteiger partial charge < -0.3 is 5.11 Å². The first kappa shape index (κ1) is 14.3. The normalized spacial score (nSPS) is 12.1. The summed E-state index contributed by atoms with van der Waals surface area (Å²) >= 11 is 0. The van der Waals surface area contributed by atoms with Crippen LogP contribution < -0.4 is 0 Å². The van der Waals surface area contributed by atoms with Crippen molar-refractivity contribution < 1.29 is 5.11 Å². The lowest BCUT2D eigenvalue weighted by Gasteiger charge is -2.03. The van der Waals surface area contributed by atoms with Gasteiger partial charge in [-0.1, -0.05) is 63.4 Å². The van der Waals surface area contributed by atoms with Gasteiger partial charge in [-0.05, 0) is 12.0 Å². The molecule has 88 valence electrons. The maximum absolute atomic E-state index is 9.10. The Balaban J connectivity index is 3.07. The molecule has 0 amide bonds. The zero-order valence-corrected chi connectivity index (χ0v) is 9.73. The van der Waals surface area contributed by atoms with E-state index in [0.29, 0.717) is 6.42 Å². The molecule has 0 fully saturated rings. The van der Waals surface area contributed by atoms with Gasteiger partial charge in [0.15, 0.2) is 0 Å². The van der Waals surface area contributed by atoms with E-state index in [1.807, 2.05) is 0 Å². The lowest BCUT2D eigenvalue weighted by molar-refractivity contribution is 0.168. The van der Waals surface area contributed by atoms with E-state index in [0.717, 1.165) is 12.8 Å². The third kappa shape index (κ3) is 11.2. The highest BCUT2D eigenvalue weighted by atomic mass is 16.3. The Bertz CT molecular complexity index is 179. The Kier molecular flexibility index (Phi) is 10.8. The second kappa shape index (κ2) is 11.3. The number of hydrogen-bond acceptors (Lipinski definition) is 2. The highest BCUT2D eigenvalue weighted by molar-refractivity contribution is 4.54. The van der Waals surface area contributed by atoms with Crippen molar-refractivity contribution in [2.45, 2.75) is 70.9 Å². The average Bonchev–Trinajstić information content (AvgIpc) is 2.22. The first-order valence-electron chi connectivity index (χ1n) is 6.03. The maximum Gasteiger partial charge on any atom is 0.133 e. The van der Waals surface area contributed by atoms with E-state index in [9.17, 15) is 0 Å². The molecule has 0 aliphatic carbocycles. The van der Waals surface area contributed by atoms with E-state index in [-0.39, 0.29) is 0 Å². The van der Waals surface area contributed by atoms with Crippen LogP contribution in [-0.2, 0) is 0 Å². The van der Waals surface area contributed by atoms with Crippen molar-refractivity contribution in [1.82, 2.24) is 0 Å². The van der Waals surface area contributed by atoms with Crippen LogP contribution in [-0.4, -0.2) is 11.3 Å². The second-order valence-electron chi connectivity index (χ2n) is 3.95. The van der Waals surface area contributed by atoms with Gasteiger partial charge in [0, 0.05) is 4.91 Å². The van der Waals surface area contributed by atoms with E-state index in [1.165, 1.54) is 38.5 Å². The zero-order chi connectivity index (χ0) is 11.4. The van der Waals surface area contributed by atoms with Crippen LogP contribution in [0.4, 0.5) is 0 Å². The largest absolute Gasteiger partial charge is 0.387 e. The van der Waals surface area contributed by atoms with Crippen molar-refractivity contribution in [3.05, 3.63) is 10.4 Å². The van der Waals surface area contributed by atoms with Gasteiger partial charge in [0.05, 0.1) is 0 Å². The smallest absolute Gasteiger partial charge is 0.133 e. The fourth-order valence-electron chi connectivity index (χ4n) is 1.58. The number of nitrogens with zero attached hydrogens (tertiary/aromatic N) is 3. The number of rotatable bonds is 10. The van der Waals surface area contributed by atoms with Crippen molar-refractivity contribution in [1.29, 1.82) is 0 Å². The molecule has 0 rings (SSSR count). The summed E-state index contributed by atoms with van der Waals surface area (Å²) < 4.78 is 0. The zero-order valence-electron chi connectivity index (χ0n) is 9.73. The summed E-state index contributed by atoms with van der Waals surface area (Å²) in [7, 11) is 0. The predicted molar refractivity (Wildman–Crippen MR) is 62.4 cm³/mol. The molecule has 0 heterocycles. The molecule has 0 aliphatic heterocycles. The summed E-state index contributed by atoms with van der Waals surface area (Å²) in [6.45, 7) is 2.22. The van der Waals surface area contributed by atoms with Crippen LogP contribution in [0.1, 0.15) is 64.7 Å².